The van der Waals surface area contributed by atoms with E-state index in [2.05, 4.69) is 59.1 Å². The molecule has 4 nitrogen and oxygen atoms in total. The number of nitrogens with two attached hydrogens (primary N) is 1. The molecule has 0 radical (unpaired) electrons. The van der Waals surface area contributed by atoms with Crippen LogP contribution in [0.4, 0.5) is 11.4 Å². The first kappa shape index (κ1) is 14.3. The molecule has 0 bridgehead atoms. The van der Waals surface area contributed by atoms with Gasteiger partial charge in [-0.1, -0.05) is 13.8 Å². The van der Waals surface area contributed by atoms with Crippen LogP contribution in [0.1, 0.15) is 13.8 Å². The summed E-state index contributed by atoms with van der Waals surface area (Å²) in [4.78, 5) is 6.20. The van der Waals surface area contributed by atoms with Crippen molar-refractivity contribution in [2.75, 3.05) is 31.7 Å². The first-order chi connectivity index (χ1) is 7.91. The topological polar surface area (TPSA) is 54.2 Å². The molecule has 3 N–H and O–H groups in total. The third-order valence-electron chi connectivity index (χ3n) is 2.63. The van der Waals surface area contributed by atoms with Gasteiger partial charge in [0, 0.05) is 18.8 Å². The summed E-state index contributed by atoms with van der Waals surface area (Å²) in [5.41, 5.74) is 7.53. The van der Waals surface area contributed by atoms with E-state index in [-0.39, 0.29) is 0 Å². The van der Waals surface area contributed by atoms with E-state index in [0.717, 1.165) is 16.7 Å². The number of nitrogen functional groups attached to an aromatic ring is 1. The lowest BCUT2D eigenvalue weighted by Gasteiger charge is -2.27. The van der Waals surface area contributed by atoms with Crippen molar-refractivity contribution in [1.29, 1.82) is 0 Å². The van der Waals surface area contributed by atoms with Crippen LogP contribution in [-0.4, -0.2) is 36.6 Å². The summed E-state index contributed by atoms with van der Waals surface area (Å²) in [6.45, 7) is 5.37. The number of pyridine rings is 1. The molecule has 96 valence electrons. The standard InChI is InChI=1S/C12H21BrN4/c1-8(2)11(7-17(3)4)16-12-9(13)5-15-6-10(12)14/h5-6,8,11H,7,14H2,1-4H3,(H,15,16). The lowest BCUT2D eigenvalue weighted by atomic mass is 10.0. The van der Waals surface area contributed by atoms with Crippen LogP contribution >= 0.6 is 15.9 Å². The zero-order chi connectivity index (χ0) is 13.0. The Balaban J connectivity index is 2.86. The molecule has 1 unspecified atom stereocenters. The molecule has 0 aliphatic carbocycles. The van der Waals surface area contributed by atoms with Crippen molar-refractivity contribution in [2.45, 2.75) is 19.9 Å². The third kappa shape index (κ3) is 4.16. The van der Waals surface area contributed by atoms with Crippen molar-refractivity contribution in [1.82, 2.24) is 9.88 Å². The molecule has 0 saturated carbocycles. The van der Waals surface area contributed by atoms with Gasteiger partial charge in [-0.05, 0) is 35.9 Å². The summed E-state index contributed by atoms with van der Waals surface area (Å²) in [7, 11) is 4.14. The Morgan fingerprint density at radius 3 is 2.53 bits per heavy atom. The first-order valence-corrected chi connectivity index (χ1v) is 6.51. The predicted molar refractivity (Wildman–Crippen MR) is 77.2 cm³/mol. The van der Waals surface area contributed by atoms with Crippen molar-refractivity contribution in [2.24, 2.45) is 5.92 Å². The van der Waals surface area contributed by atoms with E-state index in [0.29, 0.717) is 17.6 Å². The van der Waals surface area contributed by atoms with E-state index in [9.17, 15) is 0 Å². The number of anilines is 2. The quantitative estimate of drug-likeness (QED) is 0.877. The normalized spacial score (nSPS) is 13.1. The van der Waals surface area contributed by atoms with Crippen molar-refractivity contribution in [3.63, 3.8) is 0 Å². The van der Waals surface area contributed by atoms with Gasteiger partial charge in [0.1, 0.15) is 0 Å². The summed E-state index contributed by atoms with van der Waals surface area (Å²) in [5, 5.41) is 3.49. The maximum absolute atomic E-state index is 5.93. The molecule has 0 saturated heterocycles. The number of nitrogens with one attached hydrogen (secondary N) is 1. The molecule has 1 atom stereocenters. The van der Waals surface area contributed by atoms with Crippen molar-refractivity contribution in [3.05, 3.63) is 16.9 Å². The van der Waals surface area contributed by atoms with Crippen LogP contribution in [0.5, 0.6) is 0 Å². The van der Waals surface area contributed by atoms with Crippen molar-refractivity contribution >= 4 is 27.3 Å². The average molecular weight is 301 g/mol. The number of rotatable bonds is 5. The van der Waals surface area contributed by atoms with Crippen LogP contribution in [0, 0.1) is 5.92 Å². The largest absolute Gasteiger partial charge is 0.396 e. The zero-order valence-corrected chi connectivity index (χ0v) is 12.5. The number of likely N-dealkylation sites (N-methyl/N-ethyl adjacent to an activating group) is 1. The number of halogens is 1. The highest BCUT2D eigenvalue weighted by Gasteiger charge is 2.16. The van der Waals surface area contributed by atoms with Crippen LogP contribution in [0.3, 0.4) is 0 Å². The minimum atomic E-state index is 0.353. The summed E-state index contributed by atoms with van der Waals surface area (Å²) >= 11 is 3.47. The number of hydrogen-bond donors (Lipinski definition) is 2. The van der Waals surface area contributed by atoms with Gasteiger partial charge in [0.15, 0.2) is 0 Å². The Morgan fingerprint density at radius 1 is 1.41 bits per heavy atom. The molecular formula is C12H21BrN4. The highest BCUT2D eigenvalue weighted by molar-refractivity contribution is 9.10. The summed E-state index contributed by atoms with van der Waals surface area (Å²) in [5.74, 6) is 0.525. The first-order valence-electron chi connectivity index (χ1n) is 5.72. The second kappa shape index (κ2) is 6.21. The summed E-state index contributed by atoms with van der Waals surface area (Å²) < 4.78 is 0.905. The molecule has 5 heteroatoms. The van der Waals surface area contributed by atoms with Gasteiger partial charge in [-0.25, -0.2) is 0 Å². The van der Waals surface area contributed by atoms with Gasteiger partial charge in [-0.3, -0.25) is 4.98 Å². The fraction of sp³-hybridized carbons (Fsp3) is 0.583. The highest BCUT2D eigenvalue weighted by Crippen LogP contribution is 2.28. The minimum Gasteiger partial charge on any atom is -0.396 e. The SMILES string of the molecule is CC(C)C(CN(C)C)Nc1c(N)cncc1Br. The van der Waals surface area contributed by atoms with Gasteiger partial charge in [0.05, 0.1) is 22.0 Å². The molecule has 1 heterocycles. The van der Waals surface area contributed by atoms with E-state index in [1.807, 2.05) is 0 Å². The van der Waals surface area contributed by atoms with Gasteiger partial charge in [-0.2, -0.15) is 0 Å². The van der Waals surface area contributed by atoms with Gasteiger partial charge in [-0.15, -0.1) is 0 Å². The van der Waals surface area contributed by atoms with Crippen LogP contribution in [0.15, 0.2) is 16.9 Å². The molecule has 1 rings (SSSR count). The lowest BCUT2D eigenvalue weighted by molar-refractivity contribution is 0.344. The van der Waals surface area contributed by atoms with Gasteiger partial charge < -0.3 is 16.0 Å². The summed E-state index contributed by atoms with van der Waals surface area (Å²) in [6.07, 6.45) is 3.42. The Bertz CT molecular complexity index is 345. The average Bonchev–Trinajstić information content (AvgIpc) is 2.21. The smallest absolute Gasteiger partial charge is 0.0752 e. The van der Waals surface area contributed by atoms with Crippen molar-refractivity contribution < 1.29 is 0 Å². The Hall–Kier alpha value is -0.810. The van der Waals surface area contributed by atoms with Gasteiger partial charge >= 0.3 is 0 Å². The van der Waals surface area contributed by atoms with Gasteiger partial charge in [0.2, 0.25) is 0 Å². The Kier molecular flexibility index (Phi) is 5.21. The third-order valence-corrected chi connectivity index (χ3v) is 3.23. The fourth-order valence-corrected chi connectivity index (χ4v) is 2.07. The number of hydrogen-bond acceptors (Lipinski definition) is 4. The molecule has 0 aromatic carbocycles. The summed E-state index contributed by atoms with van der Waals surface area (Å²) in [6, 6.07) is 0.353. The number of nitrogens with zero attached hydrogens (tertiary/aromatic N) is 2. The second-order valence-electron chi connectivity index (χ2n) is 4.84. The van der Waals surface area contributed by atoms with Crippen LogP contribution in [0.25, 0.3) is 0 Å². The van der Waals surface area contributed by atoms with Crippen molar-refractivity contribution in [3.8, 4) is 0 Å². The van der Waals surface area contributed by atoms with Crippen LogP contribution in [-0.2, 0) is 0 Å². The van der Waals surface area contributed by atoms with Crippen LogP contribution < -0.4 is 11.1 Å². The highest BCUT2D eigenvalue weighted by atomic mass is 79.9. The van der Waals surface area contributed by atoms with Gasteiger partial charge in [0.25, 0.3) is 0 Å². The maximum Gasteiger partial charge on any atom is 0.0752 e. The second-order valence-corrected chi connectivity index (χ2v) is 5.70. The molecule has 0 fully saturated rings. The molecule has 17 heavy (non-hydrogen) atoms. The van der Waals surface area contributed by atoms with Crippen LogP contribution in [0.2, 0.25) is 0 Å². The van der Waals surface area contributed by atoms with E-state index in [1.165, 1.54) is 0 Å². The maximum atomic E-state index is 5.93. The minimum absolute atomic E-state index is 0.353. The predicted octanol–water partition coefficient (Wildman–Crippen LogP) is 2.42. The van der Waals surface area contributed by atoms with E-state index < -0.39 is 0 Å². The molecule has 1 aromatic heterocycles. The molecule has 0 amide bonds. The number of aromatic nitrogens is 1. The Morgan fingerprint density at radius 2 is 2.06 bits per heavy atom. The molecule has 0 aliphatic rings. The van der Waals surface area contributed by atoms with E-state index in [4.69, 9.17) is 5.73 Å². The fourth-order valence-electron chi connectivity index (χ4n) is 1.60. The van der Waals surface area contributed by atoms with E-state index >= 15 is 0 Å². The lowest BCUT2D eigenvalue weighted by Crippen LogP contribution is -2.36. The zero-order valence-electron chi connectivity index (χ0n) is 10.9. The molecule has 0 spiro atoms. The monoisotopic (exact) mass is 300 g/mol. The Labute approximate surface area is 112 Å². The molecular weight excluding hydrogens is 280 g/mol. The molecule has 0 aliphatic heterocycles. The van der Waals surface area contributed by atoms with E-state index in [1.54, 1.807) is 12.4 Å². The molecule has 1 aromatic rings.